The standard InChI is InChI=1S/C11H8N2O4/c14-8-4-2-1-3-6(8)7-5-9(15)13-10(12-7)11(16)17/h1-5,14H,(H,16,17)(H,12,13,15). The van der Waals surface area contributed by atoms with Gasteiger partial charge in [-0.05, 0) is 12.1 Å². The molecule has 6 nitrogen and oxygen atoms in total. The first-order chi connectivity index (χ1) is 8.08. The fourth-order valence-electron chi connectivity index (χ4n) is 1.39. The average Bonchev–Trinajstić information content (AvgIpc) is 2.28. The number of H-pyrrole nitrogens is 1. The molecule has 1 aromatic heterocycles. The summed E-state index contributed by atoms with van der Waals surface area (Å²) in [5.41, 5.74) is -0.166. The summed E-state index contributed by atoms with van der Waals surface area (Å²) in [6.45, 7) is 0. The number of aromatic carboxylic acids is 1. The Morgan fingerprint density at radius 1 is 1.29 bits per heavy atom. The maximum absolute atomic E-state index is 11.3. The molecule has 0 aliphatic rings. The second-order valence-corrected chi connectivity index (χ2v) is 3.30. The highest BCUT2D eigenvalue weighted by atomic mass is 16.4. The summed E-state index contributed by atoms with van der Waals surface area (Å²) < 4.78 is 0. The normalized spacial score (nSPS) is 10.1. The number of rotatable bonds is 2. The van der Waals surface area contributed by atoms with Gasteiger partial charge in [-0.25, -0.2) is 9.78 Å². The minimum absolute atomic E-state index is 0.0676. The monoisotopic (exact) mass is 232 g/mol. The third kappa shape index (κ3) is 2.15. The molecule has 2 rings (SSSR count). The van der Waals surface area contributed by atoms with Gasteiger partial charge in [0.1, 0.15) is 5.75 Å². The van der Waals surface area contributed by atoms with Crippen LogP contribution in [0.2, 0.25) is 0 Å². The van der Waals surface area contributed by atoms with Gasteiger partial charge in [-0.1, -0.05) is 12.1 Å². The van der Waals surface area contributed by atoms with Crippen LogP contribution in [0.3, 0.4) is 0 Å². The van der Waals surface area contributed by atoms with Crippen molar-refractivity contribution in [2.45, 2.75) is 0 Å². The number of benzene rings is 1. The first kappa shape index (κ1) is 10.9. The van der Waals surface area contributed by atoms with E-state index >= 15 is 0 Å². The second kappa shape index (κ2) is 4.09. The lowest BCUT2D eigenvalue weighted by Gasteiger charge is -2.03. The number of hydrogen-bond acceptors (Lipinski definition) is 4. The van der Waals surface area contributed by atoms with E-state index in [0.29, 0.717) is 5.56 Å². The van der Waals surface area contributed by atoms with Crippen molar-refractivity contribution in [2.75, 3.05) is 0 Å². The number of aromatic hydroxyl groups is 1. The molecule has 0 aliphatic heterocycles. The summed E-state index contributed by atoms with van der Waals surface area (Å²) in [6, 6.07) is 7.37. The number of carbonyl (C=O) groups is 1. The van der Waals surface area contributed by atoms with E-state index in [-0.39, 0.29) is 11.4 Å². The van der Waals surface area contributed by atoms with Crippen molar-refractivity contribution in [1.29, 1.82) is 0 Å². The number of para-hydroxylation sites is 1. The summed E-state index contributed by atoms with van der Waals surface area (Å²) in [7, 11) is 0. The van der Waals surface area contributed by atoms with E-state index in [1.165, 1.54) is 6.07 Å². The number of nitrogens with one attached hydrogen (secondary N) is 1. The van der Waals surface area contributed by atoms with E-state index < -0.39 is 17.4 Å². The first-order valence-corrected chi connectivity index (χ1v) is 4.71. The summed E-state index contributed by atoms with van der Waals surface area (Å²) in [5, 5.41) is 18.3. The molecule has 6 heteroatoms. The Balaban J connectivity index is 2.64. The van der Waals surface area contributed by atoms with Gasteiger partial charge in [-0.2, -0.15) is 0 Å². The fraction of sp³-hybridized carbons (Fsp3) is 0. The Bertz CT molecular complexity index is 633. The predicted octanol–water partition coefficient (Wildman–Crippen LogP) is 0.841. The van der Waals surface area contributed by atoms with Crippen molar-refractivity contribution in [2.24, 2.45) is 0 Å². The van der Waals surface area contributed by atoms with Crippen molar-refractivity contribution in [3.8, 4) is 17.0 Å². The van der Waals surface area contributed by atoms with Crippen LogP contribution in [0.4, 0.5) is 0 Å². The number of carboxylic acids is 1. The maximum atomic E-state index is 11.3. The average molecular weight is 232 g/mol. The molecule has 1 heterocycles. The molecule has 0 bridgehead atoms. The molecule has 17 heavy (non-hydrogen) atoms. The van der Waals surface area contributed by atoms with Crippen molar-refractivity contribution >= 4 is 5.97 Å². The third-order valence-electron chi connectivity index (χ3n) is 2.12. The van der Waals surface area contributed by atoms with Gasteiger partial charge in [-0.15, -0.1) is 0 Å². The minimum Gasteiger partial charge on any atom is -0.507 e. The molecule has 0 saturated heterocycles. The second-order valence-electron chi connectivity index (χ2n) is 3.30. The van der Waals surface area contributed by atoms with Crippen LogP contribution in [0.1, 0.15) is 10.6 Å². The van der Waals surface area contributed by atoms with Gasteiger partial charge in [0.15, 0.2) is 0 Å². The third-order valence-corrected chi connectivity index (χ3v) is 2.12. The minimum atomic E-state index is -1.33. The molecular weight excluding hydrogens is 224 g/mol. The molecule has 0 spiro atoms. The maximum Gasteiger partial charge on any atom is 0.372 e. The van der Waals surface area contributed by atoms with Gasteiger partial charge in [0.2, 0.25) is 5.82 Å². The molecule has 3 N–H and O–H groups in total. The van der Waals surface area contributed by atoms with E-state index in [1.54, 1.807) is 18.2 Å². The zero-order chi connectivity index (χ0) is 12.4. The molecule has 0 amide bonds. The largest absolute Gasteiger partial charge is 0.507 e. The molecule has 0 fully saturated rings. The Hall–Kier alpha value is -2.63. The zero-order valence-electron chi connectivity index (χ0n) is 8.54. The number of carboxylic acid groups (broad SMARTS) is 1. The highest BCUT2D eigenvalue weighted by Gasteiger charge is 2.11. The molecule has 2 aromatic rings. The Kier molecular flexibility index (Phi) is 2.61. The van der Waals surface area contributed by atoms with E-state index in [2.05, 4.69) is 9.97 Å². The lowest BCUT2D eigenvalue weighted by molar-refractivity contribution is 0.0683. The Labute approximate surface area is 95.2 Å². The first-order valence-electron chi connectivity index (χ1n) is 4.71. The molecule has 0 atom stereocenters. The van der Waals surface area contributed by atoms with Gasteiger partial charge >= 0.3 is 5.97 Å². The number of aromatic amines is 1. The van der Waals surface area contributed by atoms with E-state index in [1.807, 2.05) is 0 Å². The lowest BCUT2D eigenvalue weighted by Crippen LogP contribution is -2.15. The zero-order valence-corrected chi connectivity index (χ0v) is 8.54. The van der Waals surface area contributed by atoms with Crippen LogP contribution in [-0.4, -0.2) is 26.2 Å². The van der Waals surface area contributed by atoms with E-state index in [4.69, 9.17) is 5.11 Å². The van der Waals surface area contributed by atoms with Gasteiger partial charge in [0.05, 0.1) is 5.69 Å². The van der Waals surface area contributed by atoms with E-state index in [9.17, 15) is 14.7 Å². The highest BCUT2D eigenvalue weighted by Crippen LogP contribution is 2.25. The topological polar surface area (TPSA) is 103 Å². The van der Waals surface area contributed by atoms with Crippen molar-refractivity contribution < 1.29 is 15.0 Å². The Morgan fingerprint density at radius 2 is 2.00 bits per heavy atom. The van der Waals surface area contributed by atoms with Gasteiger partial charge in [0.25, 0.3) is 5.56 Å². The van der Waals surface area contributed by atoms with Gasteiger partial charge in [-0.3, -0.25) is 4.79 Å². The van der Waals surface area contributed by atoms with Gasteiger partial charge in [0, 0.05) is 11.6 Å². The summed E-state index contributed by atoms with van der Waals surface area (Å²) in [5.74, 6) is -1.86. The quantitative estimate of drug-likeness (QED) is 0.711. The molecule has 0 aliphatic carbocycles. The van der Waals surface area contributed by atoms with Crippen molar-refractivity contribution in [3.05, 3.63) is 46.5 Å². The van der Waals surface area contributed by atoms with Crippen LogP contribution in [0.25, 0.3) is 11.3 Å². The highest BCUT2D eigenvalue weighted by molar-refractivity contribution is 5.84. The molecule has 0 unspecified atom stereocenters. The fourth-order valence-corrected chi connectivity index (χ4v) is 1.39. The van der Waals surface area contributed by atoms with Crippen LogP contribution in [0.15, 0.2) is 35.1 Å². The van der Waals surface area contributed by atoms with Crippen LogP contribution < -0.4 is 5.56 Å². The van der Waals surface area contributed by atoms with Crippen molar-refractivity contribution in [1.82, 2.24) is 9.97 Å². The van der Waals surface area contributed by atoms with Crippen LogP contribution >= 0.6 is 0 Å². The smallest absolute Gasteiger partial charge is 0.372 e. The van der Waals surface area contributed by atoms with E-state index in [0.717, 1.165) is 6.07 Å². The summed E-state index contributed by atoms with van der Waals surface area (Å²) >= 11 is 0. The lowest BCUT2D eigenvalue weighted by atomic mass is 10.1. The predicted molar refractivity (Wildman–Crippen MR) is 58.9 cm³/mol. The van der Waals surface area contributed by atoms with Crippen LogP contribution in [-0.2, 0) is 0 Å². The molecular formula is C11H8N2O4. The molecule has 86 valence electrons. The Morgan fingerprint density at radius 3 is 2.65 bits per heavy atom. The van der Waals surface area contributed by atoms with Crippen LogP contribution in [0.5, 0.6) is 5.75 Å². The number of phenolic OH excluding ortho intramolecular Hbond substituents is 1. The summed E-state index contributed by atoms with van der Waals surface area (Å²) in [4.78, 5) is 27.8. The van der Waals surface area contributed by atoms with Gasteiger partial charge < -0.3 is 15.2 Å². The molecule has 0 saturated carbocycles. The number of nitrogens with zero attached hydrogens (tertiary/aromatic N) is 1. The molecule has 0 radical (unpaired) electrons. The number of hydrogen-bond donors (Lipinski definition) is 3. The number of aromatic nitrogens is 2. The number of phenols is 1. The van der Waals surface area contributed by atoms with Crippen LogP contribution in [0, 0.1) is 0 Å². The molecule has 1 aromatic carbocycles. The summed E-state index contributed by atoms with van der Waals surface area (Å²) in [6.07, 6.45) is 0. The van der Waals surface area contributed by atoms with Crippen molar-refractivity contribution in [3.63, 3.8) is 0 Å². The SMILES string of the molecule is O=C(O)c1nc(-c2ccccc2O)cc(=O)[nH]1.